The first-order chi connectivity index (χ1) is 13.5. The van der Waals surface area contributed by atoms with Crippen LogP contribution in [-0.4, -0.2) is 42.5 Å². The van der Waals surface area contributed by atoms with Crippen LogP contribution < -0.4 is 10.1 Å². The standard InChI is InChI=1S/C21H22Cl2N2O3/c22-15-6-7-19(23)18(14-15)21(27)24-16-8-11-25(12-9-16)20(26)10-13-28-17-4-2-1-3-5-17/h1-7,14,16H,8-13H2,(H,24,27). The molecule has 1 saturated heterocycles. The van der Waals surface area contributed by atoms with Gasteiger partial charge in [-0.2, -0.15) is 0 Å². The third-order valence-corrected chi connectivity index (χ3v) is 5.25. The fourth-order valence-electron chi connectivity index (χ4n) is 3.14. The van der Waals surface area contributed by atoms with E-state index in [1.165, 1.54) is 0 Å². The lowest BCUT2D eigenvalue weighted by molar-refractivity contribution is -0.132. The fourth-order valence-corrected chi connectivity index (χ4v) is 3.51. The SMILES string of the molecule is O=C(NC1CCN(C(=O)CCOc2ccccc2)CC1)c1cc(Cl)ccc1Cl. The van der Waals surface area contributed by atoms with Crippen molar-refractivity contribution < 1.29 is 14.3 Å². The molecular weight excluding hydrogens is 399 g/mol. The maximum atomic E-state index is 12.4. The van der Waals surface area contributed by atoms with Crippen LogP contribution in [0.1, 0.15) is 29.6 Å². The molecule has 5 nitrogen and oxygen atoms in total. The Morgan fingerprint density at radius 1 is 1.07 bits per heavy atom. The second-order valence-corrected chi connectivity index (χ2v) is 7.51. The lowest BCUT2D eigenvalue weighted by atomic mass is 10.0. The molecule has 28 heavy (non-hydrogen) atoms. The molecule has 1 heterocycles. The van der Waals surface area contributed by atoms with E-state index in [1.54, 1.807) is 18.2 Å². The highest BCUT2D eigenvalue weighted by atomic mass is 35.5. The Kier molecular flexibility index (Phi) is 7.18. The maximum Gasteiger partial charge on any atom is 0.253 e. The van der Waals surface area contributed by atoms with Crippen LogP contribution in [0.3, 0.4) is 0 Å². The predicted molar refractivity (Wildman–Crippen MR) is 110 cm³/mol. The van der Waals surface area contributed by atoms with Gasteiger partial charge in [-0.15, -0.1) is 0 Å². The van der Waals surface area contributed by atoms with Gasteiger partial charge in [-0.3, -0.25) is 9.59 Å². The Morgan fingerprint density at radius 2 is 1.79 bits per heavy atom. The summed E-state index contributed by atoms with van der Waals surface area (Å²) in [7, 11) is 0. The van der Waals surface area contributed by atoms with E-state index in [9.17, 15) is 9.59 Å². The Labute approximate surface area is 174 Å². The molecule has 7 heteroatoms. The van der Waals surface area contributed by atoms with Crippen LogP contribution in [0.4, 0.5) is 0 Å². The van der Waals surface area contributed by atoms with Gasteiger partial charge >= 0.3 is 0 Å². The molecule has 0 aliphatic carbocycles. The number of para-hydroxylation sites is 1. The number of halogens is 2. The van der Waals surface area contributed by atoms with E-state index in [4.69, 9.17) is 27.9 Å². The van der Waals surface area contributed by atoms with Gasteiger partial charge in [0.2, 0.25) is 5.91 Å². The minimum absolute atomic E-state index is 0.00664. The van der Waals surface area contributed by atoms with Crippen molar-refractivity contribution in [1.82, 2.24) is 10.2 Å². The van der Waals surface area contributed by atoms with Crippen LogP contribution in [0, 0.1) is 0 Å². The molecule has 3 rings (SSSR count). The number of ether oxygens (including phenoxy) is 1. The van der Waals surface area contributed by atoms with Crippen LogP contribution in [0.2, 0.25) is 10.0 Å². The molecule has 0 spiro atoms. The average molecular weight is 421 g/mol. The number of carbonyl (C=O) groups is 2. The molecule has 1 aliphatic heterocycles. The van der Waals surface area contributed by atoms with Crippen molar-refractivity contribution in [2.75, 3.05) is 19.7 Å². The first kappa shape index (κ1) is 20.5. The molecule has 0 unspecified atom stereocenters. The third-order valence-electron chi connectivity index (χ3n) is 4.68. The summed E-state index contributed by atoms with van der Waals surface area (Å²) in [6.45, 7) is 1.57. The van der Waals surface area contributed by atoms with Gasteiger partial charge in [-0.25, -0.2) is 0 Å². The quantitative estimate of drug-likeness (QED) is 0.761. The van der Waals surface area contributed by atoms with E-state index >= 15 is 0 Å². The smallest absolute Gasteiger partial charge is 0.253 e. The van der Waals surface area contributed by atoms with E-state index in [0.29, 0.717) is 54.6 Å². The molecule has 2 aromatic rings. The Hall–Kier alpha value is -2.24. The summed E-state index contributed by atoms with van der Waals surface area (Å²) in [6.07, 6.45) is 1.74. The number of piperidine rings is 1. The van der Waals surface area contributed by atoms with Gasteiger partial charge in [0.05, 0.1) is 23.6 Å². The van der Waals surface area contributed by atoms with Crippen molar-refractivity contribution in [1.29, 1.82) is 0 Å². The highest BCUT2D eigenvalue weighted by Gasteiger charge is 2.24. The van der Waals surface area contributed by atoms with E-state index in [0.717, 1.165) is 5.75 Å². The van der Waals surface area contributed by atoms with E-state index in [-0.39, 0.29) is 17.9 Å². The zero-order valence-electron chi connectivity index (χ0n) is 15.4. The fraction of sp³-hybridized carbons (Fsp3) is 0.333. The largest absolute Gasteiger partial charge is 0.493 e. The molecule has 0 radical (unpaired) electrons. The summed E-state index contributed by atoms with van der Waals surface area (Å²) in [5.41, 5.74) is 0.366. The molecule has 148 valence electrons. The number of amides is 2. The lowest BCUT2D eigenvalue weighted by Crippen LogP contribution is -2.46. The van der Waals surface area contributed by atoms with Gasteiger partial charge in [-0.05, 0) is 43.2 Å². The Morgan fingerprint density at radius 3 is 2.50 bits per heavy atom. The highest BCUT2D eigenvalue weighted by Crippen LogP contribution is 2.21. The maximum absolute atomic E-state index is 12.4. The van der Waals surface area contributed by atoms with Crippen LogP contribution in [0.15, 0.2) is 48.5 Å². The number of nitrogens with zero attached hydrogens (tertiary/aromatic N) is 1. The summed E-state index contributed by atoms with van der Waals surface area (Å²) < 4.78 is 5.58. The normalized spacial score (nSPS) is 14.6. The van der Waals surface area contributed by atoms with Crippen LogP contribution in [0.25, 0.3) is 0 Å². The van der Waals surface area contributed by atoms with Gasteiger partial charge in [-0.1, -0.05) is 41.4 Å². The predicted octanol–water partition coefficient (Wildman–Crippen LogP) is 4.18. The molecule has 1 aliphatic rings. The second-order valence-electron chi connectivity index (χ2n) is 6.66. The van der Waals surface area contributed by atoms with Crippen LogP contribution in [0.5, 0.6) is 5.75 Å². The topological polar surface area (TPSA) is 58.6 Å². The molecule has 0 bridgehead atoms. The van der Waals surface area contributed by atoms with Gasteiger partial charge in [0.1, 0.15) is 5.75 Å². The molecule has 0 atom stereocenters. The van der Waals surface area contributed by atoms with E-state index < -0.39 is 0 Å². The number of carbonyl (C=O) groups excluding carboxylic acids is 2. The first-order valence-corrected chi connectivity index (χ1v) is 10.00. The van der Waals surface area contributed by atoms with Crippen LogP contribution in [-0.2, 0) is 4.79 Å². The number of hydrogen-bond acceptors (Lipinski definition) is 3. The van der Waals surface area contributed by atoms with Crippen LogP contribution >= 0.6 is 23.2 Å². The molecule has 2 aromatic carbocycles. The van der Waals surface area contributed by atoms with Crippen molar-refractivity contribution in [2.45, 2.75) is 25.3 Å². The van der Waals surface area contributed by atoms with Crippen molar-refractivity contribution in [3.8, 4) is 5.75 Å². The molecule has 1 fully saturated rings. The molecule has 2 amide bonds. The van der Waals surface area contributed by atoms with Crippen molar-refractivity contribution in [3.05, 3.63) is 64.1 Å². The molecule has 0 saturated carbocycles. The number of rotatable bonds is 6. The summed E-state index contributed by atoms with van der Waals surface area (Å²) in [6, 6.07) is 14.3. The number of nitrogens with one attached hydrogen (secondary N) is 1. The van der Waals surface area contributed by atoms with Crippen molar-refractivity contribution in [2.24, 2.45) is 0 Å². The van der Waals surface area contributed by atoms with E-state index in [2.05, 4.69) is 5.32 Å². The van der Waals surface area contributed by atoms with E-state index in [1.807, 2.05) is 35.2 Å². The first-order valence-electron chi connectivity index (χ1n) is 9.24. The van der Waals surface area contributed by atoms with Gasteiger partial charge in [0, 0.05) is 24.2 Å². The molecular formula is C21H22Cl2N2O3. The minimum Gasteiger partial charge on any atom is -0.493 e. The third kappa shape index (κ3) is 5.63. The lowest BCUT2D eigenvalue weighted by Gasteiger charge is -2.32. The number of likely N-dealkylation sites (tertiary alicyclic amines) is 1. The summed E-state index contributed by atoms with van der Waals surface area (Å²) in [4.78, 5) is 26.6. The summed E-state index contributed by atoms with van der Waals surface area (Å²) in [5, 5.41) is 3.82. The van der Waals surface area contributed by atoms with Crippen molar-refractivity contribution in [3.63, 3.8) is 0 Å². The van der Waals surface area contributed by atoms with Gasteiger partial charge in [0.25, 0.3) is 5.91 Å². The minimum atomic E-state index is -0.242. The molecule has 1 N–H and O–H groups in total. The Balaban J connectivity index is 1.42. The molecule has 0 aromatic heterocycles. The van der Waals surface area contributed by atoms with Gasteiger partial charge < -0.3 is 15.0 Å². The summed E-state index contributed by atoms with van der Waals surface area (Å²) >= 11 is 12.0. The monoisotopic (exact) mass is 420 g/mol. The number of benzene rings is 2. The average Bonchev–Trinajstić information content (AvgIpc) is 2.71. The van der Waals surface area contributed by atoms with Gasteiger partial charge in [0.15, 0.2) is 0 Å². The summed E-state index contributed by atoms with van der Waals surface area (Å²) in [5.74, 6) is 0.587. The second kappa shape index (κ2) is 9.80. The zero-order chi connectivity index (χ0) is 19.9. The van der Waals surface area contributed by atoms with Crippen molar-refractivity contribution >= 4 is 35.0 Å². The Bertz CT molecular complexity index is 822. The highest BCUT2D eigenvalue weighted by molar-refractivity contribution is 6.35. The number of hydrogen-bond donors (Lipinski definition) is 1. The zero-order valence-corrected chi connectivity index (χ0v) is 16.9.